The van der Waals surface area contributed by atoms with Crippen molar-refractivity contribution in [3.05, 3.63) is 59.7 Å². The fraction of sp³-hybridized carbons (Fsp3) is 0.125. The highest BCUT2D eigenvalue weighted by atomic mass is 16.5. The summed E-state index contributed by atoms with van der Waals surface area (Å²) in [5.41, 5.74) is 2.07. The summed E-state index contributed by atoms with van der Waals surface area (Å²) in [5, 5.41) is 11.5. The van der Waals surface area contributed by atoms with Crippen LogP contribution in [-0.2, 0) is 11.2 Å². The highest BCUT2D eigenvalue weighted by Gasteiger charge is 2.08. The van der Waals surface area contributed by atoms with E-state index in [4.69, 9.17) is 10.00 Å². The Labute approximate surface area is 117 Å². The Hall–Kier alpha value is -2.80. The van der Waals surface area contributed by atoms with Crippen molar-refractivity contribution in [3.8, 4) is 11.8 Å². The molecule has 1 amide bonds. The van der Waals surface area contributed by atoms with Crippen LogP contribution in [0.25, 0.3) is 0 Å². The molecule has 0 aliphatic rings. The number of nitrogens with zero attached hydrogens (tertiary/aromatic N) is 1. The van der Waals surface area contributed by atoms with E-state index in [-0.39, 0.29) is 12.3 Å². The van der Waals surface area contributed by atoms with Crippen LogP contribution in [0.4, 0.5) is 5.69 Å². The summed E-state index contributed by atoms with van der Waals surface area (Å²) in [6, 6.07) is 16.2. The second-order valence-corrected chi connectivity index (χ2v) is 4.23. The molecule has 0 radical (unpaired) electrons. The Balaban J connectivity index is 2.03. The number of carbonyl (C=O) groups is 1. The number of carbonyl (C=O) groups excluding carboxylic acids is 1. The van der Waals surface area contributed by atoms with Gasteiger partial charge in [0.05, 0.1) is 25.2 Å². The number of para-hydroxylation sites is 1. The second kappa shape index (κ2) is 6.39. The Bertz CT molecular complexity index is 642. The minimum absolute atomic E-state index is 0.126. The van der Waals surface area contributed by atoms with E-state index in [1.807, 2.05) is 30.3 Å². The molecule has 100 valence electrons. The molecule has 4 heteroatoms. The molecule has 0 saturated carbocycles. The first-order valence-electron chi connectivity index (χ1n) is 6.15. The number of nitriles is 1. The minimum Gasteiger partial charge on any atom is -0.496 e. The van der Waals surface area contributed by atoms with Crippen molar-refractivity contribution in [2.24, 2.45) is 0 Å². The third-order valence-corrected chi connectivity index (χ3v) is 2.84. The molecule has 0 fully saturated rings. The van der Waals surface area contributed by atoms with Gasteiger partial charge in [-0.05, 0) is 30.3 Å². The largest absolute Gasteiger partial charge is 0.496 e. The number of hydrogen-bond acceptors (Lipinski definition) is 3. The summed E-state index contributed by atoms with van der Waals surface area (Å²) in [6.45, 7) is 0. The zero-order valence-electron chi connectivity index (χ0n) is 11.1. The molecule has 2 aromatic carbocycles. The van der Waals surface area contributed by atoms with Crippen molar-refractivity contribution in [1.29, 1.82) is 5.26 Å². The number of methoxy groups -OCH3 is 1. The summed E-state index contributed by atoms with van der Waals surface area (Å²) >= 11 is 0. The van der Waals surface area contributed by atoms with E-state index in [1.54, 1.807) is 31.4 Å². The topological polar surface area (TPSA) is 62.1 Å². The van der Waals surface area contributed by atoms with Gasteiger partial charge in [-0.25, -0.2) is 0 Å². The summed E-state index contributed by atoms with van der Waals surface area (Å²) in [7, 11) is 1.58. The van der Waals surface area contributed by atoms with Crippen LogP contribution in [-0.4, -0.2) is 13.0 Å². The van der Waals surface area contributed by atoms with Crippen molar-refractivity contribution in [2.45, 2.75) is 6.42 Å². The predicted molar refractivity (Wildman–Crippen MR) is 76.5 cm³/mol. The maximum absolute atomic E-state index is 12.0. The number of rotatable bonds is 4. The second-order valence-electron chi connectivity index (χ2n) is 4.23. The van der Waals surface area contributed by atoms with E-state index < -0.39 is 0 Å². The lowest BCUT2D eigenvalue weighted by Gasteiger charge is -2.08. The quantitative estimate of drug-likeness (QED) is 0.925. The molecule has 0 atom stereocenters. The van der Waals surface area contributed by atoms with Crippen molar-refractivity contribution in [1.82, 2.24) is 0 Å². The minimum atomic E-state index is -0.126. The first kappa shape index (κ1) is 13.6. The average molecular weight is 266 g/mol. The summed E-state index contributed by atoms with van der Waals surface area (Å²) in [4.78, 5) is 12.0. The third kappa shape index (κ3) is 3.36. The molecule has 20 heavy (non-hydrogen) atoms. The van der Waals surface area contributed by atoms with Crippen LogP contribution in [0.1, 0.15) is 11.1 Å². The molecular weight excluding hydrogens is 252 g/mol. The maximum atomic E-state index is 12.0. The smallest absolute Gasteiger partial charge is 0.228 e. The lowest BCUT2D eigenvalue weighted by Crippen LogP contribution is -2.14. The van der Waals surface area contributed by atoms with Crippen molar-refractivity contribution in [3.63, 3.8) is 0 Å². The molecule has 1 N–H and O–H groups in total. The van der Waals surface area contributed by atoms with Gasteiger partial charge >= 0.3 is 0 Å². The molecule has 0 bridgehead atoms. The van der Waals surface area contributed by atoms with Crippen molar-refractivity contribution in [2.75, 3.05) is 12.4 Å². The molecule has 0 saturated heterocycles. The zero-order valence-corrected chi connectivity index (χ0v) is 11.1. The monoisotopic (exact) mass is 266 g/mol. The number of amides is 1. The Morgan fingerprint density at radius 2 is 1.90 bits per heavy atom. The van der Waals surface area contributed by atoms with E-state index in [1.165, 1.54) is 0 Å². The number of hydrogen-bond donors (Lipinski definition) is 1. The van der Waals surface area contributed by atoms with E-state index >= 15 is 0 Å². The Morgan fingerprint density at radius 1 is 1.20 bits per heavy atom. The predicted octanol–water partition coefficient (Wildman–Crippen LogP) is 2.75. The molecule has 2 rings (SSSR count). The molecule has 0 heterocycles. The summed E-state index contributed by atoms with van der Waals surface area (Å²) in [5.74, 6) is 0.571. The van der Waals surface area contributed by atoms with Gasteiger partial charge < -0.3 is 10.1 Å². The number of ether oxygens (including phenoxy) is 1. The molecule has 0 aliphatic heterocycles. The Kier molecular flexibility index (Phi) is 4.35. The van der Waals surface area contributed by atoms with E-state index in [0.717, 1.165) is 5.56 Å². The van der Waals surface area contributed by atoms with Crippen LogP contribution < -0.4 is 10.1 Å². The Morgan fingerprint density at radius 3 is 2.55 bits per heavy atom. The summed E-state index contributed by atoms with van der Waals surface area (Å²) in [6.07, 6.45) is 0.240. The van der Waals surface area contributed by atoms with Gasteiger partial charge in [-0.1, -0.05) is 18.2 Å². The van der Waals surface area contributed by atoms with E-state index in [2.05, 4.69) is 5.32 Å². The first-order valence-corrected chi connectivity index (χ1v) is 6.15. The number of nitrogens with one attached hydrogen (secondary N) is 1. The highest BCUT2D eigenvalue weighted by Crippen LogP contribution is 2.18. The van der Waals surface area contributed by atoms with E-state index in [9.17, 15) is 4.79 Å². The van der Waals surface area contributed by atoms with Crippen LogP contribution in [0.2, 0.25) is 0 Å². The molecule has 0 spiro atoms. The van der Waals surface area contributed by atoms with Gasteiger partial charge in [-0.3, -0.25) is 4.79 Å². The lowest BCUT2D eigenvalue weighted by atomic mass is 10.1. The van der Waals surface area contributed by atoms with E-state index in [0.29, 0.717) is 17.0 Å². The molecular formula is C16H14N2O2. The van der Waals surface area contributed by atoms with Crippen molar-refractivity contribution < 1.29 is 9.53 Å². The lowest BCUT2D eigenvalue weighted by molar-refractivity contribution is -0.115. The average Bonchev–Trinajstić information content (AvgIpc) is 2.48. The molecule has 4 nitrogen and oxygen atoms in total. The molecule has 0 aromatic heterocycles. The number of anilines is 1. The van der Waals surface area contributed by atoms with Gasteiger partial charge in [0.2, 0.25) is 5.91 Å². The standard InChI is InChI=1S/C16H14N2O2/c1-20-15-5-3-2-4-13(15)10-16(19)18-14-8-6-12(11-17)7-9-14/h2-9H,10H2,1H3,(H,18,19). The molecule has 2 aromatic rings. The van der Waals surface area contributed by atoms with Crippen LogP contribution in [0, 0.1) is 11.3 Å². The SMILES string of the molecule is COc1ccccc1CC(=O)Nc1ccc(C#N)cc1. The van der Waals surface area contributed by atoms with Gasteiger partial charge in [0, 0.05) is 11.3 Å². The fourth-order valence-corrected chi connectivity index (χ4v) is 1.86. The van der Waals surface area contributed by atoms with Gasteiger partial charge in [-0.15, -0.1) is 0 Å². The zero-order chi connectivity index (χ0) is 14.4. The normalized spacial score (nSPS) is 9.60. The van der Waals surface area contributed by atoms with Crippen LogP contribution in [0.3, 0.4) is 0 Å². The van der Waals surface area contributed by atoms with Gasteiger partial charge in [0.15, 0.2) is 0 Å². The third-order valence-electron chi connectivity index (χ3n) is 2.84. The van der Waals surface area contributed by atoms with Gasteiger partial charge in [0.25, 0.3) is 0 Å². The summed E-state index contributed by atoms with van der Waals surface area (Å²) < 4.78 is 5.21. The number of benzene rings is 2. The first-order chi connectivity index (χ1) is 9.72. The van der Waals surface area contributed by atoms with Crippen LogP contribution in [0.5, 0.6) is 5.75 Å². The fourth-order valence-electron chi connectivity index (χ4n) is 1.86. The van der Waals surface area contributed by atoms with Crippen molar-refractivity contribution >= 4 is 11.6 Å². The maximum Gasteiger partial charge on any atom is 0.228 e. The van der Waals surface area contributed by atoms with Crippen LogP contribution in [0.15, 0.2) is 48.5 Å². The molecule has 0 unspecified atom stereocenters. The highest BCUT2D eigenvalue weighted by molar-refractivity contribution is 5.92. The van der Waals surface area contributed by atoms with Gasteiger partial charge in [0.1, 0.15) is 5.75 Å². The van der Waals surface area contributed by atoms with Crippen LogP contribution >= 0.6 is 0 Å². The van der Waals surface area contributed by atoms with Gasteiger partial charge in [-0.2, -0.15) is 5.26 Å². The molecule has 0 aliphatic carbocycles.